The summed E-state index contributed by atoms with van der Waals surface area (Å²) in [5.74, 6) is -1.94. The first kappa shape index (κ1) is 40.0. The van der Waals surface area contributed by atoms with Crippen LogP contribution in [0.25, 0.3) is 0 Å². The van der Waals surface area contributed by atoms with Crippen LogP contribution in [0.1, 0.15) is 144 Å². The Labute approximate surface area is 316 Å². The summed E-state index contributed by atoms with van der Waals surface area (Å²) in [6.07, 6.45) is 12.4. The molecular weight excluding hydrogens is 695 g/mol. The van der Waals surface area contributed by atoms with Crippen molar-refractivity contribution in [3.63, 3.8) is 0 Å². The molecular formula is C40H65N5O7S. The van der Waals surface area contributed by atoms with E-state index in [1.54, 1.807) is 18.7 Å². The predicted octanol–water partition coefficient (Wildman–Crippen LogP) is 4.55. The van der Waals surface area contributed by atoms with Crippen LogP contribution < -0.4 is 21.3 Å². The van der Waals surface area contributed by atoms with Crippen molar-refractivity contribution in [1.29, 1.82) is 0 Å². The van der Waals surface area contributed by atoms with Gasteiger partial charge in [-0.1, -0.05) is 79.1 Å². The van der Waals surface area contributed by atoms with Crippen molar-refractivity contribution in [2.45, 2.75) is 179 Å². The molecule has 1 saturated heterocycles. The van der Waals surface area contributed by atoms with Crippen LogP contribution >= 0.6 is 0 Å². The Morgan fingerprint density at radius 1 is 0.849 bits per heavy atom. The molecule has 6 aliphatic rings. The Morgan fingerprint density at radius 2 is 1.45 bits per heavy atom. The number of urea groups is 1. The Balaban J connectivity index is 1.24. The average molecular weight is 760 g/mol. The summed E-state index contributed by atoms with van der Waals surface area (Å²) in [7, 11) is -3.57. The molecule has 5 aliphatic carbocycles. The maximum Gasteiger partial charge on any atom is 0.315 e. The van der Waals surface area contributed by atoms with E-state index < -0.39 is 67.3 Å². The smallest absolute Gasteiger partial charge is 0.315 e. The predicted molar refractivity (Wildman–Crippen MR) is 202 cm³/mol. The van der Waals surface area contributed by atoms with Gasteiger partial charge < -0.3 is 26.2 Å². The minimum absolute atomic E-state index is 0.0167. The number of hydrogen-bond donors (Lipinski definition) is 4. The number of rotatable bonds is 15. The van der Waals surface area contributed by atoms with Gasteiger partial charge in [0.05, 0.1) is 22.1 Å². The second-order valence-corrected chi connectivity index (χ2v) is 21.8. The summed E-state index contributed by atoms with van der Waals surface area (Å²) in [6.45, 7) is 11.9. The van der Waals surface area contributed by atoms with E-state index in [1.807, 2.05) is 13.8 Å². The summed E-state index contributed by atoms with van der Waals surface area (Å²) >= 11 is 0. The van der Waals surface area contributed by atoms with Crippen LogP contribution in [0, 0.1) is 28.6 Å². The second kappa shape index (κ2) is 14.8. The highest BCUT2D eigenvalue weighted by Crippen LogP contribution is 2.65. The number of hydrogen-bond acceptors (Lipinski definition) is 7. The van der Waals surface area contributed by atoms with E-state index in [0.717, 1.165) is 77.0 Å². The van der Waals surface area contributed by atoms with E-state index in [9.17, 15) is 32.4 Å². The Bertz CT molecular complexity index is 1560. The molecule has 0 aromatic rings. The topological polar surface area (TPSA) is 171 Å². The lowest BCUT2D eigenvalue weighted by molar-refractivity contribution is -0.146. The highest BCUT2D eigenvalue weighted by molar-refractivity contribution is 7.92. The van der Waals surface area contributed by atoms with Crippen molar-refractivity contribution in [1.82, 2.24) is 26.2 Å². The molecule has 6 fully saturated rings. The Hall–Kier alpha value is -2.70. The zero-order valence-electron chi connectivity index (χ0n) is 33.0. The highest BCUT2D eigenvalue weighted by atomic mass is 32.2. The van der Waals surface area contributed by atoms with Gasteiger partial charge in [0.1, 0.15) is 12.1 Å². The van der Waals surface area contributed by atoms with E-state index in [-0.39, 0.29) is 40.9 Å². The number of nitrogens with zero attached hydrogens (tertiary/aromatic N) is 1. The molecule has 1 heterocycles. The number of amides is 5. The van der Waals surface area contributed by atoms with Crippen molar-refractivity contribution in [2.24, 2.45) is 28.6 Å². The van der Waals surface area contributed by atoms with Gasteiger partial charge in [-0.05, 0) is 93.8 Å². The number of Topliss-reactive ketones (excluding diaryl/α,β-unsaturated/α-hetero) is 1. The molecule has 12 nitrogen and oxygen atoms in total. The molecule has 1 aliphatic heterocycles. The van der Waals surface area contributed by atoms with Gasteiger partial charge in [-0.3, -0.25) is 19.2 Å². The van der Waals surface area contributed by atoms with Crippen LogP contribution in [0.5, 0.6) is 0 Å². The maximum atomic E-state index is 15.0. The van der Waals surface area contributed by atoms with Crippen LogP contribution in [0.3, 0.4) is 0 Å². The summed E-state index contributed by atoms with van der Waals surface area (Å²) < 4.78 is 26.4. The van der Waals surface area contributed by atoms with Gasteiger partial charge in [0.25, 0.3) is 5.91 Å². The fourth-order valence-corrected chi connectivity index (χ4v) is 11.6. The number of likely N-dealkylation sites (tertiary alicyclic amines) is 1. The van der Waals surface area contributed by atoms with Crippen molar-refractivity contribution >= 4 is 39.4 Å². The first-order valence-corrected chi connectivity index (χ1v) is 22.2. The molecule has 298 valence electrons. The molecule has 4 N–H and O–H groups in total. The van der Waals surface area contributed by atoms with Crippen LogP contribution in [-0.4, -0.2) is 89.6 Å². The molecule has 53 heavy (non-hydrogen) atoms. The number of nitrogens with one attached hydrogen (secondary N) is 4. The lowest BCUT2D eigenvalue weighted by Crippen LogP contribution is -2.65. The summed E-state index contributed by atoms with van der Waals surface area (Å²) in [4.78, 5) is 71.3. The first-order chi connectivity index (χ1) is 24.8. The van der Waals surface area contributed by atoms with Gasteiger partial charge in [-0.15, -0.1) is 0 Å². The number of fused-ring (bicyclic) bond motifs is 1. The van der Waals surface area contributed by atoms with E-state index in [2.05, 4.69) is 35.1 Å². The molecule has 0 spiro atoms. The Kier molecular flexibility index (Phi) is 11.1. The van der Waals surface area contributed by atoms with Gasteiger partial charge >= 0.3 is 6.03 Å². The summed E-state index contributed by atoms with van der Waals surface area (Å²) in [5.41, 5.74) is -1.69. The quantitative estimate of drug-likeness (QED) is 0.178. The third-order valence-electron chi connectivity index (χ3n) is 14.4. The van der Waals surface area contributed by atoms with Crippen LogP contribution in [0.15, 0.2) is 0 Å². The number of carbonyl (C=O) groups excluding carboxylic acids is 5. The summed E-state index contributed by atoms with van der Waals surface area (Å²) in [5, 5.41) is 11.9. The minimum atomic E-state index is -3.57. The second-order valence-electron chi connectivity index (χ2n) is 19.2. The van der Waals surface area contributed by atoms with E-state index >= 15 is 0 Å². The number of piperidine rings is 1. The lowest BCUT2D eigenvalue weighted by Gasteiger charge is -2.44. The van der Waals surface area contributed by atoms with Gasteiger partial charge in [-0.2, -0.15) is 0 Å². The zero-order valence-corrected chi connectivity index (χ0v) is 33.8. The fraction of sp³-hybridized carbons (Fsp3) is 0.875. The van der Waals surface area contributed by atoms with Gasteiger partial charge in [0.2, 0.25) is 17.6 Å². The number of ketones is 1. The van der Waals surface area contributed by atoms with E-state index in [0.29, 0.717) is 32.2 Å². The fourth-order valence-electron chi connectivity index (χ4n) is 9.70. The molecule has 0 radical (unpaired) electrons. The standard InChI is InChI=1S/C40H65N5O7S/c1-7-37(2,3)53(51,52)24-40(20-12-9-13-21-40)44-36(50)43-32(39(6)18-10-8-11-19-39)35(49)45-23-27-29(38(27,4)5)30(45)33(47)42-28(22-25-14-15-25)31(46)34(48)41-26-16-17-26/h25-30,32H,7-24H2,1-6H3,(H,41,48)(H,42,47)(H2,43,44,50)/t27?,28?,29?,30-,32+/m0/s1. The molecule has 5 amide bonds. The van der Waals surface area contributed by atoms with Gasteiger partial charge in [0, 0.05) is 12.6 Å². The monoisotopic (exact) mass is 759 g/mol. The minimum Gasteiger partial charge on any atom is -0.347 e. The first-order valence-electron chi connectivity index (χ1n) is 20.6. The normalized spacial score (nSPS) is 28.5. The van der Waals surface area contributed by atoms with Crippen molar-refractivity contribution < 1.29 is 32.4 Å². The lowest BCUT2D eigenvalue weighted by atomic mass is 9.70. The molecule has 5 atom stereocenters. The van der Waals surface area contributed by atoms with Crippen molar-refractivity contribution in [3.8, 4) is 0 Å². The molecule has 0 aromatic carbocycles. The number of sulfone groups is 1. The molecule has 3 unspecified atom stereocenters. The summed E-state index contributed by atoms with van der Waals surface area (Å²) in [6, 6.07) is -3.26. The number of carbonyl (C=O) groups is 5. The van der Waals surface area contributed by atoms with Crippen LogP contribution in [0.2, 0.25) is 0 Å². The van der Waals surface area contributed by atoms with Crippen molar-refractivity contribution in [3.05, 3.63) is 0 Å². The third kappa shape index (κ3) is 8.44. The van der Waals surface area contributed by atoms with E-state index in [1.165, 1.54) is 0 Å². The van der Waals surface area contributed by atoms with Crippen molar-refractivity contribution in [2.75, 3.05) is 12.3 Å². The molecule has 5 saturated carbocycles. The van der Waals surface area contributed by atoms with Gasteiger partial charge in [0.15, 0.2) is 9.84 Å². The molecule has 6 rings (SSSR count). The molecule has 0 aromatic heterocycles. The maximum absolute atomic E-state index is 15.0. The van der Waals surface area contributed by atoms with E-state index in [4.69, 9.17) is 0 Å². The van der Waals surface area contributed by atoms with Gasteiger partial charge in [-0.25, -0.2) is 13.2 Å². The zero-order chi connectivity index (χ0) is 38.6. The SMILES string of the molecule is CCC(C)(C)S(=O)(=O)CC1(NC(=O)N[C@H](C(=O)N2CC3C([C@H]2C(=O)NC(CC2CC2)C(=O)C(=O)NC2CC2)C3(C)C)C2(C)CCCCC2)CCCCC1. The average Bonchev–Trinajstić information content (AvgIpc) is 4.06. The Morgan fingerprint density at radius 3 is 2.02 bits per heavy atom. The molecule has 13 heteroatoms. The van der Waals surface area contributed by atoms with Crippen LogP contribution in [0.4, 0.5) is 4.79 Å². The molecule has 0 bridgehead atoms. The van der Waals surface area contributed by atoms with Crippen LogP contribution in [-0.2, 0) is 29.0 Å². The largest absolute Gasteiger partial charge is 0.347 e. The highest BCUT2D eigenvalue weighted by Gasteiger charge is 2.70. The third-order valence-corrected chi connectivity index (χ3v) is 17.3.